The first-order chi connectivity index (χ1) is 16.4. The molecule has 178 valence electrons. The lowest BCUT2D eigenvalue weighted by Gasteiger charge is -2.34. The van der Waals surface area contributed by atoms with E-state index < -0.39 is 17.8 Å². The molecule has 2 aromatic heterocycles. The summed E-state index contributed by atoms with van der Waals surface area (Å²) in [6.45, 7) is 3.59. The van der Waals surface area contributed by atoms with Crippen LogP contribution in [0.2, 0.25) is 0 Å². The molecule has 1 aromatic carbocycles. The van der Waals surface area contributed by atoms with E-state index in [1.807, 2.05) is 12.3 Å². The third-order valence-corrected chi connectivity index (χ3v) is 5.38. The molecular formula is C24H23F3N4O3. The number of rotatable bonds is 6. The van der Waals surface area contributed by atoms with Gasteiger partial charge in [-0.3, -0.25) is 9.88 Å². The summed E-state index contributed by atoms with van der Waals surface area (Å²) in [6.07, 6.45) is 0.363. The van der Waals surface area contributed by atoms with Crippen molar-refractivity contribution < 1.29 is 27.4 Å². The predicted molar refractivity (Wildman–Crippen MR) is 118 cm³/mol. The zero-order valence-corrected chi connectivity index (χ0v) is 18.2. The van der Waals surface area contributed by atoms with Crippen molar-refractivity contribution in [2.45, 2.75) is 12.6 Å². The third-order valence-electron chi connectivity index (χ3n) is 5.38. The first kappa shape index (κ1) is 23.5. The maximum Gasteiger partial charge on any atom is 0.417 e. The number of hydrogen-bond donors (Lipinski definition) is 0. The van der Waals surface area contributed by atoms with Gasteiger partial charge in [-0.05, 0) is 48.4 Å². The van der Waals surface area contributed by atoms with Crippen molar-refractivity contribution in [1.29, 1.82) is 0 Å². The van der Waals surface area contributed by atoms with E-state index in [1.54, 1.807) is 35.4 Å². The standard InChI is InChI=1S/C24H23F3N4O3/c25-24(26,27)19-3-8-22(29-17-19)33-20-4-6-21(7-5-20)34-23(32)31-14-12-30(13-15-31)11-9-18-2-1-10-28-16-18/h1-8,10,16-17H,9,11-15H2. The summed E-state index contributed by atoms with van der Waals surface area (Å²) >= 11 is 0. The average Bonchev–Trinajstić information content (AvgIpc) is 2.85. The number of hydrogen-bond acceptors (Lipinski definition) is 6. The Hall–Kier alpha value is -3.66. The lowest BCUT2D eigenvalue weighted by atomic mass is 10.2. The Kier molecular flexibility index (Phi) is 7.27. The number of alkyl halides is 3. The van der Waals surface area contributed by atoms with Gasteiger partial charge in [0.15, 0.2) is 0 Å². The number of halogens is 3. The van der Waals surface area contributed by atoms with Gasteiger partial charge in [0.05, 0.1) is 5.56 Å². The van der Waals surface area contributed by atoms with Crippen molar-refractivity contribution in [2.24, 2.45) is 0 Å². The molecule has 0 bridgehead atoms. The number of carbonyl (C=O) groups excluding carboxylic acids is 1. The number of piperazine rings is 1. The quantitative estimate of drug-likeness (QED) is 0.521. The van der Waals surface area contributed by atoms with Gasteiger partial charge in [-0.1, -0.05) is 6.07 Å². The number of aromatic nitrogens is 2. The minimum atomic E-state index is -4.45. The van der Waals surface area contributed by atoms with Crippen LogP contribution in [0, 0.1) is 0 Å². The van der Waals surface area contributed by atoms with Crippen molar-refractivity contribution >= 4 is 6.09 Å². The second-order valence-electron chi connectivity index (χ2n) is 7.76. The molecule has 4 rings (SSSR count). The first-order valence-electron chi connectivity index (χ1n) is 10.8. The van der Waals surface area contributed by atoms with E-state index in [0.717, 1.165) is 38.2 Å². The van der Waals surface area contributed by atoms with Gasteiger partial charge >= 0.3 is 12.3 Å². The molecule has 0 atom stereocenters. The summed E-state index contributed by atoms with van der Waals surface area (Å²) in [5.74, 6) is 0.727. The van der Waals surface area contributed by atoms with E-state index >= 15 is 0 Å². The smallest absolute Gasteiger partial charge is 0.417 e. The maximum absolute atomic E-state index is 12.6. The fourth-order valence-electron chi connectivity index (χ4n) is 3.46. The van der Waals surface area contributed by atoms with Crippen LogP contribution in [-0.2, 0) is 12.6 Å². The second kappa shape index (κ2) is 10.5. The van der Waals surface area contributed by atoms with Gasteiger partial charge in [0.1, 0.15) is 11.5 Å². The third kappa shape index (κ3) is 6.44. The monoisotopic (exact) mass is 472 g/mol. The summed E-state index contributed by atoms with van der Waals surface area (Å²) in [5, 5.41) is 0. The summed E-state index contributed by atoms with van der Waals surface area (Å²) in [6, 6.07) is 12.2. The molecule has 0 unspecified atom stereocenters. The van der Waals surface area contributed by atoms with E-state index in [9.17, 15) is 18.0 Å². The molecule has 0 saturated carbocycles. The first-order valence-corrected chi connectivity index (χ1v) is 10.8. The number of carbonyl (C=O) groups is 1. The number of benzene rings is 1. The van der Waals surface area contributed by atoms with Crippen LogP contribution in [-0.4, -0.2) is 58.6 Å². The summed E-state index contributed by atoms with van der Waals surface area (Å²) in [7, 11) is 0. The highest BCUT2D eigenvalue weighted by atomic mass is 19.4. The Balaban J connectivity index is 1.22. The van der Waals surface area contributed by atoms with Gasteiger partial charge in [0, 0.05) is 57.4 Å². The highest BCUT2D eigenvalue weighted by molar-refractivity contribution is 5.70. The molecule has 34 heavy (non-hydrogen) atoms. The molecule has 0 radical (unpaired) electrons. The minimum Gasteiger partial charge on any atom is -0.439 e. The van der Waals surface area contributed by atoms with Crippen LogP contribution in [0.4, 0.5) is 18.0 Å². The van der Waals surface area contributed by atoms with Crippen LogP contribution in [0.5, 0.6) is 17.4 Å². The number of pyridine rings is 2. The molecule has 0 N–H and O–H groups in total. The SMILES string of the molecule is O=C(Oc1ccc(Oc2ccc(C(F)(F)F)cn2)cc1)N1CCN(CCc2cccnc2)CC1. The Morgan fingerprint density at radius 2 is 1.68 bits per heavy atom. The molecule has 3 heterocycles. The largest absolute Gasteiger partial charge is 0.439 e. The Morgan fingerprint density at radius 3 is 2.29 bits per heavy atom. The molecule has 1 aliphatic rings. The van der Waals surface area contributed by atoms with Crippen LogP contribution in [0.1, 0.15) is 11.1 Å². The zero-order chi connectivity index (χ0) is 24.0. The molecule has 1 amide bonds. The van der Waals surface area contributed by atoms with E-state index in [0.29, 0.717) is 30.8 Å². The van der Waals surface area contributed by atoms with Crippen LogP contribution in [0.15, 0.2) is 67.1 Å². The lowest BCUT2D eigenvalue weighted by Crippen LogP contribution is -2.49. The van der Waals surface area contributed by atoms with Gasteiger partial charge in [0.2, 0.25) is 5.88 Å². The topological polar surface area (TPSA) is 67.8 Å². The molecule has 0 aliphatic carbocycles. The van der Waals surface area contributed by atoms with Crippen molar-refractivity contribution in [3.63, 3.8) is 0 Å². The fraction of sp³-hybridized carbons (Fsp3) is 0.292. The number of nitrogens with zero attached hydrogens (tertiary/aromatic N) is 4. The van der Waals surface area contributed by atoms with Gasteiger partial charge in [-0.15, -0.1) is 0 Å². The van der Waals surface area contributed by atoms with Crippen molar-refractivity contribution in [2.75, 3.05) is 32.7 Å². The molecule has 3 aromatic rings. The molecule has 0 spiro atoms. The van der Waals surface area contributed by atoms with E-state index in [1.165, 1.54) is 5.56 Å². The Bertz CT molecular complexity index is 1070. The van der Waals surface area contributed by atoms with Crippen LogP contribution in [0.25, 0.3) is 0 Å². The summed E-state index contributed by atoms with van der Waals surface area (Å²) in [5.41, 5.74) is 0.335. The van der Waals surface area contributed by atoms with E-state index in [4.69, 9.17) is 9.47 Å². The highest BCUT2D eigenvalue weighted by Crippen LogP contribution is 2.30. The molecule has 1 fully saturated rings. The van der Waals surface area contributed by atoms with Crippen molar-refractivity contribution in [3.8, 4) is 17.4 Å². The van der Waals surface area contributed by atoms with Crippen LogP contribution >= 0.6 is 0 Å². The Labute approximate surface area is 194 Å². The second-order valence-corrected chi connectivity index (χ2v) is 7.76. The van der Waals surface area contributed by atoms with Gasteiger partial charge < -0.3 is 14.4 Å². The molecular weight excluding hydrogens is 449 g/mol. The van der Waals surface area contributed by atoms with Crippen LogP contribution in [0.3, 0.4) is 0 Å². The molecule has 7 nitrogen and oxygen atoms in total. The van der Waals surface area contributed by atoms with Gasteiger partial charge in [0.25, 0.3) is 0 Å². The minimum absolute atomic E-state index is 0.0270. The molecule has 10 heteroatoms. The summed E-state index contributed by atoms with van der Waals surface area (Å²) in [4.78, 5) is 24.2. The highest BCUT2D eigenvalue weighted by Gasteiger charge is 2.30. The van der Waals surface area contributed by atoms with Crippen LogP contribution < -0.4 is 9.47 Å². The molecule has 1 saturated heterocycles. The van der Waals surface area contributed by atoms with Crippen molar-refractivity contribution in [1.82, 2.24) is 19.8 Å². The fourth-order valence-corrected chi connectivity index (χ4v) is 3.46. The van der Waals surface area contributed by atoms with E-state index in [-0.39, 0.29) is 5.88 Å². The summed E-state index contributed by atoms with van der Waals surface area (Å²) < 4.78 is 48.7. The maximum atomic E-state index is 12.6. The number of ether oxygens (including phenoxy) is 2. The predicted octanol–water partition coefficient (Wildman–Crippen LogP) is 4.65. The molecule has 1 aliphatic heterocycles. The van der Waals surface area contributed by atoms with Gasteiger partial charge in [-0.25, -0.2) is 9.78 Å². The lowest BCUT2D eigenvalue weighted by molar-refractivity contribution is -0.137. The average molecular weight is 472 g/mol. The zero-order valence-electron chi connectivity index (χ0n) is 18.2. The normalized spacial score (nSPS) is 14.6. The Morgan fingerprint density at radius 1 is 0.941 bits per heavy atom. The van der Waals surface area contributed by atoms with Crippen molar-refractivity contribution in [3.05, 3.63) is 78.2 Å². The number of amides is 1. The van der Waals surface area contributed by atoms with Gasteiger partial charge in [-0.2, -0.15) is 13.2 Å². The van der Waals surface area contributed by atoms with E-state index in [2.05, 4.69) is 20.9 Å².